The van der Waals surface area contributed by atoms with E-state index in [4.69, 9.17) is 16.0 Å². The number of benzene rings is 1. The molecule has 0 fully saturated rings. The molecule has 108 valence electrons. The van der Waals surface area contributed by atoms with Crippen LogP contribution < -0.4 is 10.6 Å². The van der Waals surface area contributed by atoms with E-state index in [-0.39, 0.29) is 0 Å². The topological polar surface area (TPSA) is 37.2 Å². The molecule has 2 rings (SSSR count). The summed E-state index contributed by atoms with van der Waals surface area (Å²) in [6, 6.07) is 11.7. The van der Waals surface area contributed by atoms with Crippen LogP contribution in [0.25, 0.3) is 11.3 Å². The first kappa shape index (κ1) is 15.1. The van der Waals surface area contributed by atoms with Crippen LogP contribution in [0.5, 0.6) is 0 Å². The van der Waals surface area contributed by atoms with Gasteiger partial charge in [0.25, 0.3) is 0 Å². The normalized spacial score (nSPS) is 10.9. The molecule has 0 saturated heterocycles. The fourth-order valence-corrected chi connectivity index (χ4v) is 2.19. The minimum absolute atomic E-state index is 0.724. The van der Waals surface area contributed by atoms with Crippen LogP contribution in [0.3, 0.4) is 0 Å². The molecular formula is C16H21ClN2O. The van der Waals surface area contributed by atoms with E-state index in [9.17, 15) is 0 Å². The van der Waals surface area contributed by atoms with E-state index >= 15 is 0 Å². The Morgan fingerprint density at radius 1 is 1.10 bits per heavy atom. The van der Waals surface area contributed by atoms with Gasteiger partial charge < -0.3 is 15.1 Å². The molecule has 0 aliphatic heterocycles. The van der Waals surface area contributed by atoms with Crippen LogP contribution in [-0.2, 0) is 6.54 Å². The predicted octanol–water partition coefficient (Wildman–Crippen LogP) is 3.69. The van der Waals surface area contributed by atoms with E-state index in [0.717, 1.165) is 54.7 Å². The van der Waals surface area contributed by atoms with Crippen molar-refractivity contribution in [1.29, 1.82) is 0 Å². The maximum Gasteiger partial charge on any atom is 0.134 e. The lowest BCUT2D eigenvalue weighted by Gasteiger charge is -2.03. The summed E-state index contributed by atoms with van der Waals surface area (Å²) in [5.41, 5.74) is 1.01. The minimum atomic E-state index is 0.724. The van der Waals surface area contributed by atoms with Crippen LogP contribution >= 0.6 is 11.6 Å². The number of halogens is 1. The van der Waals surface area contributed by atoms with Gasteiger partial charge in [0.1, 0.15) is 11.5 Å². The first-order valence-corrected chi connectivity index (χ1v) is 7.43. The van der Waals surface area contributed by atoms with Crippen molar-refractivity contribution in [2.45, 2.75) is 19.9 Å². The first-order chi connectivity index (χ1) is 9.79. The molecule has 1 aromatic heterocycles. The molecule has 20 heavy (non-hydrogen) atoms. The maximum absolute atomic E-state index is 5.99. The fourth-order valence-electron chi connectivity index (χ4n) is 2.00. The second-order valence-electron chi connectivity index (χ2n) is 4.66. The molecule has 2 N–H and O–H groups in total. The minimum Gasteiger partial charge on any atom is -0.460 e. The number of furan rings is 1. The summed E-state index contributed by atoms with van der Waals surface area (Å²) in [5.74, 6) is 1.81. The molecule has 0 radical (unpaired) electrons. The van der Waals surface area contributed by atoms with Crippen molar-refractivity contribution in [1.82, 2.24) is 10.6 Å². The van der Waals surface area contributed by atoms with Gasteiger partial charge in [0.2, 0.25) is 0 Å². The molecule has 0 aliphatic carbocycles. The quantitative estimate of drug-likeness (QED) is 0.729. The Morgan fingerprint density at radius 2 is 1.95 bits per heavy atom. The van der Waals surface area contributed by atoms with E-state index in [1.54, 1.807) is 0 Å². The van der Waals surface area contributed by atoms with Gasteiger partial charge in [0.15, 0.2) is 0 Å². The van der Waals surface area contributed by atoms with Gasteiger partial charge in [0, 0.05) is 10.6 Å². The molecule has 0 unspecified atom stereocenters. The van der Waals surface area contributed by atoms with Crippen molar-refractivity contribution in [3.63, 3.8) is 0 Å². The van der Waals surface area contributed by atoms with Gasteiger partial charge in [-0.05, 0) is 50.3 Å². The standard InChI is InChI=1S/C16H21ClN2O/c1-2-18-9-4-10-19-12-15-7-8-16(20-15)13-5-3-6-14(17)11-13/h3,5-8,11,18-19H,2,4,9-10,12H2,1H3. The van der Waals surface area contributed by atoms with Crippen LogP contribution in [-0.4, -0.2) is 19.6 Å². The highest BCUT2D eigenvalue weighted by Crippen LogP contribution is 2.24. The zero-order valence-electron chi connectivity index (χ0n) is 11.8. The lowest BCUT2D eigenvalue weighted by Crippen LogP contribution is -2.21. The van der Waals surface area contributed by atoms with E-state index in [0.29, 0.717) is 0 Å². The van der Waals surface area contributed by atoms with E-state index in [2.05, 4.69) is 17.6 Å². The highest BCUT2D eigenvalue weighted by atomic mass is 35.5. The van der Waals surface area contributed by atoms with Crippen LogP contribution in [0.1, 0.15) is 19.1 Å². The highest BCUT2D eigenvalue weighted by Gasteiger charge is 2.04. The molecule has 1 heterocycles. The number of nitrogens with one attached hydrogen (secondary N) is 2. The Hall–Kier alpha value is -1.29. The smallest absolute Gasteiger partial charge is 0.134 e. The Balaban J connectivity index is 1.80. The highest BCUT2D eigenvalue weighted by molar-refractivity contribution is 6.30. The van der Waals surface area contributed by atoms with Gasteiger partial charge in [-0.2, -0.15) is 0 Å². The summed E-state index contributed by atoms with van der Waals surface area (Å²) in [6.07, 6.45) is 1.12. The number of rotatable bonds is 8. The van der Waals surface area contributed by atoms with E-state index in [1.165, 1.54) is 0 Å². The Labute approximate surface area is 125 Å². The summed E-state index contributed by atoms with van der Waals surface area (Å²) >= 11 is 5.99. The molecule has 3 nitrogen and oxygen atoms in total. The van der Waals surface area contributed by atoms with E-state index in [1.807, 2.05) is 36.4 Å². The lowest BCUT2D eigenvalue weighted by molar-refractivity contribution is 0.488. The third-order valence-electron chi connectivity index (χ3n) is 3.03. The molecular weight excluding hydrogens is 272 g/mol. The molecule has 0 atom stereocenters. The van der Waals surface area contributed by atoms with Crippen molar-refractivity contribution in [2.75, 3.05) is 19.6 Å². The van der Waals surface area contributed by atoms with Crippen LogP contribution in [0.4, 0.5) is 0 Å². The third kappa shape index (κ3) is 4.67. The summed E-state index contributed by atoms with van der Waals surface area (Å²) in [5, 5.41) is 7.40. The summed E-state index contributed by atoms with van der Waals surface area (Å²) in [6.45, 7) is 5.94. The number of hydrogen-bond acceptors (Lipinski definition) is 3. The van der Waals surface area contributed by atoms with Crippen molar-refractivity contribution >= 4 is 11.6 Å². The summed E-state index contributed by atoms with van der Waals surface area (Å²) in [4.78, 5) is 0. The predicted molar refractivity (Wildman–Crippen MR) is 84.0 cm³/mol. The Kier molecular flexibility index (Phi) is 6.12. The fraction of sp³-hybridized carbons (Fsp3) is 0.375. The van der Waals surface area contributed by atoms with Gasteiger partial charge in [-0.25, -0.2) is 0 Å². The molecule has 0 amide bonds. The van der Waals surface area contributed by atoms with Gasteiger partial charge >= 0.3 is 0 Å². The maximum atomic E-state index is 5.99. The third-order valence-corrected chi connectivity index (χ3v) is 3.26. The molecule has 0 saturated carbocycles. The van der Waals surface area contributed by atoms with E-state index < -0.39 is 0 Å². The second-order valence-corrected chi connectivity index (χ2v) is 5.10. The summed E-state index contributed by atoms with van der Waals surface area (Å²) in [7, 11) is 0. The van der Waals surface area contributed by atoms with Gasteiger partial charge in [-0.1, -0.05) is 30.7 Å². The van der Waals surface area contributed by atoms with Gasteiger partial charge in [0.05, 0.1) is 6.54 Å². The zero-order chi connectivity index (χ0) is 14.2. The molecule has 2 aromatic rings. The number of hydrogen-bond donors (Lipinski definition) is 2. The van der Waals surface area contributed by atoms with Crippen LogP contribution in [0.15, 0.2) is 40.8 Å². The van der Waals surface area contributed by atoms with Crippen molar-refractivity contribution in [3.8, 4) is 11.3 Å². The Bertz CT molecular complexity index is 525. The molecule has 0 bridgehead atoms. The average molecular weight is 293 g/mol. The molecule has 1 aromatic carbocycles. The second kappa shape index (κ2) is 8.10. The first-order valence-electron chi connectivity index (χ1n) is 7.05. The largest absolute Gasteiger partial charge is 0.460 e. The molecule has 0 spiro atoms. The molecule has 0 aliphatic rings. The lowest BCUT2D eigenvalue weighted by atomic mass is 10.2. The van der Waals surface area contributed by atoms with Gasteiger partial charge in [-0.3, -0.25) is 0 Å². The van der Waals surface area contributed by atoms with Gasteiger partial charge in [-0.15, -0.1) is 0 Å². The average Bonchev–Trinajstić information content (AvgIpc) is 2.91. The molecule has 4 heteroatoms. The van der Waals surface area contributed by atoms with Crippen molar-refractivity contribution in [2.24, 2.45) is 0 Å². The Morgan fingerprint density at radius 3 is 2.75 bits per heavy atom. The zero-order valence-corrected chi connectivity index (χ0v) is 12.5. The van der Waals surface area contributed by atoms with Crippen LogP contribution in [0.2, 0.25) is 5.02 Å². The summed E-state index contributed by atoms with van der Waals surface area (Å²) < 4.78 is 5.82. The van der Waals surface area contributed by atoms with Crippen LogP contribution in [0, 0.1) is 0 Å². The SMILES string of the molecule is CCNCCCNCc1ccc(-c2cccc(Cl)c2)o1. The monoisotopic (exact) mass is 292 g/mol. The van der Waals surface area contributed by atoms with Crippen molar-refractivity contribution < 1.29 is 4.42 Å². The van der Waals surface area contributed by atoms with Crippen molar-refractivity contribution in [3.05, 3.63) is 47.2 Å².